The summed E-state index contributed by atoms with van der Waals surface area (Å²) in [7, 11) is 1.68. The van der Waals surface area contributed by atoms with E-state index in [1.165, 1.54) is 4.90 Å². The van der Waals surface area contributed by atoms with Gasteiger partial charge in [-0.1, -0.05) is 23.9 Å². The lowest BCUT2D eigenvalue weighted by Crippen LogP contribution is -2.30. The molecule has 3 rings (SSSR count). The molecule has 1 aromatic carbocycles. The minimum atomic E-state index is -0.482. The molecule has 2 aromatic heterocycles. The first-order valence-electron chi connectivity index (χ1n) is 7.51. The molecular formula is C17H16N2O4S2. The SMILES string of the molecule is CN(Cc1ccsc1)C(=O)COC(=O)CSc1nc2ccccc2o1. The molecular weight excluding hydrogens is 360 g/mol. The van der Waals surface area contributed by atoms with Crippen LogP contribution in [0, 0.1) is 0 Å². The van der Waals surface area contributed by atoms with Gasteiger partial charge >= 0.3 is 5.97 Å². The van der Waals surface area contributed by atoms with Crippen molar-refractivity contribution < 1.29 is 18.7 Å². The number of para-hydroxylation sites is 2. The van der Waals surface area contributed by atoms with Crippen LogP contribution in [-0.4, -0.2) is 41.2 Å². The fourth-order valence-corrected chi connectivity index (χ4v) is 3.37. The molecule has 0 atom stereocenters. The van der Waals surface area contributed by atoms with Gasteiger partial charge in [0.15, 0.2) is 12.2 Å². The molecule has 0 saturated heterocycles. The Hall–Kier alpha value is -2.32. The lowest BCUT2D eigenvalue weighted by molar-refractivity contribution is -0.149. The number of aromatic nitrogens is 1. The van der Waals surface area contributed by atoms with Crippen molar-refractivity contribution in [2.45, 2.75) is 11.8 Å². The van der Waals surface area contributed by atoms with Crippen LogP contribution in [0.5, 0.6) is 0 Å². The molecule has 25 heavy (non-hydrogen) atoms. The van der Waals surface area contributed by atoms with Gasteiger partial charge in [0.2, 0.25) is 0 Å². The first kappa shape index (κ1) is 17.5. The van der Waals surface area contributed by atoms with Crippen LogP contribution in [0.2, 0.25) is 0 Å². The fraction of sp³-hybridized carbons (Fsp3) is 0.235. The third kappa shape index (κ3) is 4.83. The molecule has 0 aliphatic rings. The van der Waals surface area contributed by atoms with Crippen LogP contribution in [0.25, 0.3) is 11.1 Å². The number of esters is 1. The average molecular weight is 376 g/mol. The summed E-state index contributed by atoms with van der Waals surface area (Å²) < 4.78 is 10.5. The molecule has 0 saturated carbocycles. The number of fused-ring (bicyclic) bond motifs is 1. The lowest BCUT2D eigenvalue weighted by atomic mass is 10.3. The van der Waals surface area contributed by atoms with Gasteiger partial charge in [-0.2, -0.15) is 11.3 Å². The van der Waals surface area contributed by atoms with Gasteiger partial charge in [-0.3, -0.25) is 9.59 Å². The molecule has 0 unspecified atom stereocenters. The van der Waals surface area contributed by atoms with Crippen molar-refractivity contribution in [3.05, 3.63) is 46.7 Å². The van der Waals surface area contributed by atoms with Gasteiger partial charge in [-0.05, 0) is 34.5 Å². The number of thioether (sulfide) groups is 1. The molecule has 0 aliphatic carbocycles. The van der Waals surface area contributed by atoms with Gasteiger partial charge in [0, 0.05) is 13.6 Å². The Balaban J connectivity index is 1.42. The van der Waals surface area contributed by atoms with Crippen LogP contribution in [0.15, 0.2) is 50.7 Å². The van der Waals surface area contributed by atoms with Crippen LogP contribution in [0.1, 0.15) is 5.56 Å². The van der Waals surface area contributed by atoms with Crippen LogP contribution >= 0.6 is 23.1 Å². The monoisotopic (exact) mass is 376 g/mol. The third-order valence-electron chi connectivity index (χ3n) is 3.37. The molecule has 2 heterocycles. The van der Waals surface area contributed by atoms with E-state index < -0.39 is 5.97 Å². The minimum absolute atomic E-state index is 0.0361. The highest BCUT2D eigenvalue weighted by Gasteiger charge is 2.14. The number of amides is 1. The maximum absolute atomic E-state index is 12.0. The smallest absolute Gasteiger partial charge is 0.316 e. The summed E-state index contributed by atoms with van der Waals surface area (Å²) in [5, 5.41) is 4.34. The Kier molecular flexibility index (Phi) is 5.72. The van der Waals surface area contributed by atoms with E-state index in [9.17, 15) is 9.59 Å². The maximum atomic E-state index is 12.0. The fourth-order valence-electron chi connectivity index (χ4n) is 2.07. The van der Waals surface area contributed by atoms with Crippen molar-refractivity contribution in [3.63, 3.8) is 0 Å². The molecule has 0 aliphatic heterocycles. The number of likely N-dealkylation sites (N-methyl/N-ethyl adjacent to an activating group) is 1. The molecule has 0 bridgehead atoms. The quantitative estimate of drug-likeness (QED) is 0.466. The number of benzene rings is 1. The first-order valence-corrected chi connectivity index (χ1v) is 9.43. The molecule has 3 aromatic rings. The highest BCUT2D eigenvalue weighted by atomic mass is 32.2. The normalized spacial score (nSPS) is 10.8. The molecule has 6 nitrogen and oxygen atoms in total. The topological polar surface area (TPSA) is 72.6 Å². The number of ether oxygens (including phenoxy) is 1. The Morgan fingerprint density at radius 3 is 2.92 bits per heavy atom. The lowest BCUT2D eigenvalue weighted by Gasteiger charge is -2.16. The summed E-state index contributed by atoms with van der Waals surface area (Å²) in [5.74, 6) is -0.690. The molecule has 8 heteroatoms. The molecule has 0 spiro atoms. The van der Waals surface area contributed by atoms with Gasteiger partial charge in [-0.15, -0.1) is 0 Å². The Morgan fingerprint density at radius 1 is 1.32 bits per heavy atom. The van der Waals surface area contributed by atoms with E-state index in [4.69, 9.17) is 9.15 Å². The Bertz CT molecular complexity index is 828. The summed E-state index contributed by atoms with van der Waals surface area (Å²) >= 11 is 2.72. The summed E-state index contributed by atoms with van der Waals surface area (Å²) in [6.07, 6.45) is 0. The second-order valence-electron chi connectivity index (χ2n) is 5.28. The molecule has 0 fully saturated rings. The largest absolute Gasteiger partial charge is 0.455 e. The van der Waals surface area contributed by atoms with E-state index in [0.717, 1.165) is 22.8 Å². The summed E-state index contributed by atoms with van der Waals surface area (Å²) in [5.41, 5.74) is 2.46. The number of carbonyl (C=O) groups excluding carboxylic acids is 2. The van der Waals surface area contributed by atoms with Crippen molar-refractivity contribution in [2.24, 2.45) is 0 Å². The summed E-state index contributed by atoms with van der Waals surface area (Å²) in [6.45, 7) is 0.227. The number of thiophene rings is 1. The summed E-state index contributed by atoms with van der Waals surface area (Å²) in [4.78, 5) is 29.6. The average Bonchev–Trinajstić information content (AvgIpc) is 3.26. The number of nitrogens with zero attached hydrogens (tertiary/aromatic N) is 2. The number of oxazole rings is 1. The van der Waals surface area contributed by atoms with E-state index >= 15 is 0 Å². The van der Waals surface area contributed by atoms with E-state index in [0.29, 0.717) is 17.4 Å². The zero-order valence-corrected chi connectivity index (χ0v) is 15.1. The number of rotatable bonds is 7. The number of carbonyl (C=O) groups is 2. The van der Waals surface area contributed by atoms with Crippen molar-refractivity contribution >= 4 is 46.1 Å². The van der Waals surface area contributed by atoms with Crippen LogP contribution < -0.4 is 0 Å². The molecule has 1 amide bonds. The zero-order valence-electron chi connectivity index (χ0n) is 13.5. The first-order chi connectivity index (χ1) is 12.1. The Morgan fingerprint density at radius 2 is 2.16 bits per heavy atom. The molecule has 0 N–H and O–H groups in total. The molecule has 130 valence electrons. The van der Waals surface area contributed by atoms with Crippen molar-refractivity contribution in [1.82, 2.24) is 9.88 Å². The zero-order chi connectivity index (χ0) is 17.6. The van der Waals surface area contributed by atoms with E-state index in [1.807, 2.05) is 41.1 Å². The van der Waals surface area contributed by atoms with E-state index in [-0.39, 0.29) is 18.3 Å². The maximum Gasteiger partial charge on any atom is 0.316 e. The van der Waals surface area contributed by atoms with E-state index in [1.54, 1.807) is 18.4 Å². The van der Waals surface area contributed by atoms with Gasteiger partial charge in [0.05, 0.1) is 0 Å². The number of hydrogen-bond acceptors (Lipinski definition) is 7. The highest BCUT2D eigenvalue weighted by molar-refractivity contribution is 7.99. The summed E-state index contributed by atoms with van der Waals surface area (Å²) in [6, 6.07) is 9.33. The van der Waals surface area contributed by atoms with E-state index in [2.05, 4.69) is 4.98 Å². The predicted octanol–water partition coefficient (Wildman–Crippen LogP) is 3.18. The standard InChI is InChI=1S/C17H16N2O4S2/c1-19(8-12-6-7-24-10-12)15(20)9-22-16(21)11-25-17-18-13-4-2-3-5-14(13)23-17/h2-7,10H,8-9,11H2,1H3. The second kappa shape index (κ2) is 8.17. The van der Waals surface area contributed by atoms with Crippen molar-refractivity contribution in [1.29, 1.82) is 0 Å². The van der Waals surface area contributed by atoms with Gasteiger partial charge in [0.25, 0.3) is 11.1 Å². The van der Waals surface area contributed by atoms with Crippen LogP contribution in [0.4, 0.5) is 0 Å². The number of hydrogen-bond donors (Lipinski definition) is 0. The highest BCUT2D eigenvalue weighted by Crippen LogP contribution is 2.23. The van der Waals surface area contributed by atoms with Crippen LogP contribution in [-0.2, 0) is 20.9 Å². The van der Waals surface area contributed by atoms with Gasteiger partial charge in [-0.25, -0.2) is 4.98 Å². The van der Waals surface area contributed by atoms with Crippen molar-refractivity contribution in [2.75, 3.05) is 19.4 Å². The third-order valence-corrected chi connectivity index (χ3v) is 4.90. The Labute approximate surface area is 152 Å². The van der Waals surface area contributed by atoms with Crippen LogP contribution in [0.3, 0.4) is 0 Å². The van der Waals surface area contributed by atoms with Crippen molar-refractivity contribution in [3.8, 4) is 0 Å². The minimum Gasteiger partial charge on any atom is -0.455 e. The molecule has 0 radical (unpaired) electrons. The second-order valence-corrected chi connectivity index (χ2v) is 6.98. The van der Waals surface area contributed by atoms with Gasteiger partial charge in [0.1, 0.15) is 11.3 Å². The predicted molar refractivity (Wildman–Crippen MR) is 96.5 cm³/mol. The van der Waals surface area contributed by atoms with Gasteiger partial charge < -0.3 is 14.1 Å².